The highest BCUT2D eigenvalue weighted by atomic mass is 15.1. The van der Waals surface area contributed by atoms with Gasteiger partial charge in [0.05, 0.1) is 38.7 Å². The summed E-state index contributed by atoms with van der Waals surface area (Å²) in [5.41, 5.74) is 3.93. The third-order valence-electron chi connectivity index (χ3n) is 9.39. The van der Waals surface area contributed by atoms with Gasteiger partial charge in [0, 0.05) is 21.9 Å². The summed E-state index contributed by atoms with van der Waals surface area (Å²) < 4.78 is 110. The van der Waals surface area contributed by atoms with Gasteiger partial charge in [0.15, 0.2) is 17.5 Å². The predicted octanol–water partition coefficient (Wildman–Crippen LogP) is 13.0. The van der Waals surface area contributed by atoms with Crippen molar-refractivity contribution in [3.05, 3.63) is 206 Å². The number of para-hydroxylation sites is 1. The molecule has 0 aliphatic heterocycles. The fraction of sp³-hybridized carbons (Fsp3) is 0. The maximum absolute atomic E-state index is 9.76. The normalized spacial score (nSPS) is 14.3. The van der Waals surface area contributed by atoms with Crippen LogP contribution in [0.15, 0.2) is 206 Å². The first-order chi connectivity index (χ1) is 32.3. The first-order valence-electron chi connectivity index (χ1n) is 23.6. The molecule has 2 aromatic heterocycles. The van der Waals surface area contributed by atoms with Crippen molar-refractivity contribution in [2.24, 2.45) is 0 Å². The van der Waals surface area contributed by atoms with Gasteiger partial charge in [0.25, 0.3) is 0 Å². The van der Waals surface area contributed by atoms with Gasteiger partial charge >= 0.3 is 0 Å². The van der Waals surface area contributed by atoms with E-state index < -0.39 is 83.6 Å². The minimum absolute atomic E-state index is 0.127. The molecule has 10 rings (SSSR count). The minimum atomic E-state index is -0.703. The molecular weight excluding hydrogens is 669 g/mol. The Morgan fingerprint density at radius 3 is 1.65 bits per heavy atom. The number of benzene rings is 8. The van der Waals surface area contributed by atoms with Gasteiger partial charge in [0.2, 0.25) is 0 Å². The smallest absolute Gasteiger partial charge is 0.166 e. The lowest BCUT2D eigenvalue weighted by molar-refractivity contribution is 1.06. The second-order valence-corrected chi connectivity index (χ2v) is 12.7. The van der Waals surface area contributed by atoms with Crippen molar-refractivity contribution in [1.82, 2.24) is 19.5 Å². The molecule has 0 saturated carbocycles. The van der Waals surface area contributed by atoms with Crippen LogP contribution in [-0.4, -0.2) is 19.5 Å². The Balaban J connectivity index is 1.40. The third kappa shape index (κ3) is 5.96. The second kappa shape index (κ2) is 13.8. The van der Waals surface area contributed by atoms with Crippen molar-refractivity contribution in [3.8, 4) is 73.2 Å². The molecule has 55 heavy (non-hydrogen) atoms. The zero-order chi connectivity index (χ0) is 47.0. The van der Waals surface area contributed by atoms with Crippen LogP contribution in [-0.2, 0) is 0 Å². The Labute approximate surface area is 336 Å². The molecule has 0 saturated heterocycles. The summed E-state index contributed by atoms with van der Waals surface area (Å²) in [4.78, 5) is 15.2. The predicted molar refractivity (Wildman–Crippen MR) is 227 cm³/mol. The lowest BCUT2D eigenvalue weighted by Crippen LogP contribution is -2.05. The molecule has 0 aliphatic rings. The molecule has 4 heteroatoms. The Hall–Kier alpha value is -7.43. The molecule has 0 atom stereocenters. The largest absolute Gasteiger partial charge is 0.308 e. The molecule has 0 fully saturated rings. The maximum atomic E-state index is 9.76. The van der Waals surface area contributed by atoms with Crippen LogP contribution in [0.3, 0.4) is 0 Å². The summed E-state index contributed by atoms with van der Waals surface area (Å²) in [7, 11) is 0. The molecule has 0 radical (unpaired) electrons. The van der Waals surface area contributed by atoms with E-state index in [9.17, 15) is 6.85 Å². The number of rotatable bonds is 7. The average Bonchev–Trinajstić information content (AvgIpc) is 3.74. The van der Waals surface area contributed by atoms with Gasteiger partial charge in [-0.2, -0.15) is 0 Å². The van der Waals surface area contributed by atoms with Crippen LogP contribution in [0.1, 0.15) is 16.4 Å². The van der Waals surface area contributed by atoms with E-state index in [1.54, 1.807) is 12.1 Å². The van der Waals surface area contributed by atoms with Gasteiger partial charge < -0.3 is 4.57 Å². The number of hydrogen-bond acceptors (Lipinski definition) is 3. The van der Waals surface area contributed by atoms with Gasteiger partial charge in [-0.15, -0.1) is 0 Å². The summed E-state index contributed by atoms with van der Waals surface area (Å²) in [6.45, 7) is 0. The Kier molecular flexibility index (Phi) is 5.52. The van der Waals surface area contributed by atoms with Crippen LogP contribution in [0, 0.1) is 0 Å². The maximum Gasteiger partial charge on any atom is 0.166 e. The third-order valence-corrected chi connectivity index (χ3v) is 9.39. The number of aromatic nitrogens is 4. The molecule has 2 heterocycles. The Morgan fingerprint density at radius 1 is 0.382 bits per heavy atom. The van der Waals surface area contributed by atoms with Crippen molar-refractivity contribution in [2.75, 3.05) is 0 Å². The van der Waals surface area contributed by atoms with E-state index in [-0.39, 0.29) is 33.3 Å². The molecule has 0 bridgehead atoms. The van der Waals surface area contributed by atoms with Gasteiger partial charge in [-0.1, -0.05) is 176 Å². The van der Waals surface area contributed by atoms with E-state index in [4.69, 9.17) is 24.5 Å². The number of hydrogen-bond donors (Lipinski definition) is 0. The van der Waals surface area contributed by atoms with Crippen LogP contribution in [0.5, 0.6) is 0 Å². The van der Waals surface area contributed by atoms with E-state index in [0.29, 0.717) is 33.9 Å². The fourth-order valence-electron chi connectivity index (χ4n) is 6.87. The highest BCUT2D eigenvalue weighted by Gasteiger charge is 2.23. The Morgan fingerprint density at radius 2 is 0.945 bits per heavy atom. The topological polar surface area (TPSA) is 43.6 Å². The molecule has 258 valence electrons. The molecular formula is C51H34N4. The van der Waals surface area contributed by atoms with Crippen molar-refractivity contribution < 1.29 is 16.4 Å². The monoisotopic (exact) mass is 714 g/mol. The standard InChI is InChI=1S/C51H34N4/c1-5-17-35(18-6-1)39-25-15-26-41(33-39)42-28-16-30-47(48(42)51-53-49(37-21-9-3-10-22-37)52-50(54-51)38-23-11-4-12-24-38)55-45-29-14-13-27-43(45)44-34-40(31-32-46(44)55)36-19-7-2-8-20-36/h1-34H/i2D,7D,8D,13D,14D,19D,20D,27D,29D,31D,32D,34D. The van der Waals surface area contributed by atoms with E-state index in [2.05, 4.69) is 0 Å². The summed E-state index contributed by atoms with van der Waals surface area (Å²) in [6, 6.07) is 34.2. The molecule has 4 nitrogen and oxygen atoms in total. The molecule has 10 aromatic rings. The van der Waals surface area contributed by atoms with Crippen LogP contribution in [0.25, 0.3) is 95.0 Å². The van der Waals surface area contributed by atoms with E-state index in [1.807, 2.05) is 121 Å². The minimum Gasteiger partial charge on any atom is -0.308 e. The number of nitrogens with zero attached hydrogens (tertiary/aromatic N) is 4. The highest BCUT2D eigenvalue weighted by molar-refractivity contribution is 6.11. The summed E-state index contributed by atoms with van der Waals surface area (Å²) >= 11 is 0. The van der Waals surface area contributed by atoms with Crippen LogP contribution in [0.4, 0.5) is 0 Å². The van der Waals surface area contributed by atoms with Crippen LogP contribution < -0.4 is 0 Å². The van der Waals surface area contributed by atoms with Gasteiger partial charge in [-0.25, -0.2) is 15.0 Å². The number of fused-ring (bicyclic) bond motifs is 3. The van der Waals surface area contributed by atoms with Crippen molar-refractivity contribution in [3.63, 3.8) is 0 Å². The zero-order valence-electron chi connectivity index (χ0n) is 41.0. The summed E-state index contributed by atoms with van der Waals surface area (Å²) in [5, 5.41) is -0.348. The lowest BCUT2D eigenvalue weighted by Gasteiger charge is -2.19. The second-order valence-electron chi connectivity index (χ2n) is 12.7. The first-order valence-corrected chi connectivity index (χ1v) is 17.6. The molecule has 0 N–H and O–H groups in total. The molecule has 0 unspecified atom stereocenters. The van der Waals surface area contributed by atoms with E-state index in [1.165, 1.54) is 4.57 Å². The molecule has 8 aromatic carbocycles. The van der Waals surface area contributed by atoms with Gasteiger partial charge in [-0.05, 0) is 63.6 Å². The van der Waals surface area contributed by atoms with E-state index >= 15 is 0 Å². The summed E-state index contributed by atoms with van der Waals surface area (Å²) in [5.74, 6) is 0.830. The molecule has 0 spiro atoms. The highest BCUT2D eigenvalue weighted by Crippen LogP contribution is 2.42. The van der Waals surface area contributed by atoms with Crippen LogP contribution >= 0.6 is 0 Å². The quantitative estimate of drug-likeness (QED) is 0.165. The van der Waals surface area contributed by atoms with Crippen molar-refractivity contribution in [1.29, 1.82) is 0 Å². The van der Waals surface area contributed by atoms with Gasteiger partial charge in [0.1, 0.15) is 0 Å². The van der Waals surface area contributed by atoms with Crippen molar-refractivity contribution >= 4 is 21.8 Å². The molecule has 0 aliphatic carbocycles. The van der Waals surface area contributed by atoms with Crippen molar-refractivity contribution in [2.45, 2.75) is 0 Å². The first kappa shape index (κ1) is 21.9. The fourth-order valence-corrected chi connectivity index (χ4v) is 6.87. The Bertz CT molecular complexity index is 3570. The average molecular weight is 715 g/mol. The van der Waals surface area contributed by atoms with Crippen LogP contribution in [0.2, 0.25) is 0 Å². The van der Waals surface area contributed by atoms with Gasteiger partial charge in [-0.3, -0.25) is 0 Å². The summed E-state index contributed by atoms with van der Waals surface area (Å²) in [6.07, 6.45) is 0. The SMILES string of the molecule is [2H]c1c([2H])c([2H])c(-c2c([2H])c([2H])c3c(c2[2H])c2c([2H])c([2H])c([2H])c([2H])c2n3-c2cccc(-c3cccc(-c4ccccc4)c3)c2-c2nc(-c3ccccc3)nc(-c3ccccc3)n2)c([2H])c1[2H]. The lowest BCUT2D eigenvalue weighted by atomic mass is 9.94. The molecule has 0 amide bonds. The zero-order valence-corrected chi connectivity index (χ0v) is 29.0. The van der Waals surface area contributed by atoms with E-state index in [0.717, 1.165) is 16.7 Å².